The summed E-state index contributed by atoms with van der Waals surface area (Å²) in [6, 6.07) is 7.66. The van der Waals surface area contributed by atoms with Gasteiger partial charge >= 0.3 is 0 Å². The molecule has 0 saturated carbocycles. The normalized spacial score (nSPS) is 16.5. The number of carbonyl (C=O) groups excluding carboxylic acids is 2. The molecule has 1 N–H and O–H groups in total. The van der Waals surface area contributed by atoms with Crippen LogP contribution in [0.5, 0.6) is 0 Å². The van der Waals surface area contributed by atoms with E-state index in [-0.39, 0.29) is 29.9 Å². The number of aryl methyl sites for hydroxylation is 2. The van der Waals surface area contributed by atoms with E-state index in [1.54, 1.807) is 4.90 Å². The monoisotopic (exact) mass is 429 g/mol. The van der Waals surface area contributed by atoms with Crippen LogP contribution in [0.1, 0.15) is 60.1 Å². The predicted molar refractivity (Wildman–Crippen MR) is 120 cm³/mol. The first-order valence-electron chi connectivity index (χ1n) is 10.4. The van der Waals surface area contributed by atoms with Crippen LogP contribution < -0.4 is 5.32 Å². The van der Waals surface area contributed by atoms with E-state index in [0.29, 0.717) is 23.8 Å². The number of thiazole rings is 1. The first-order chi connectivity index (χ1) is 14.1. The van der Waals surface area contributed by atoms with E-state index in [9.17, 15) is 9.59 Å². The smallest absolute Gasteiger partial charge is 0.254 e. The Morgan fingerprint density at radius 2 is 1.93 bits per heavy atom. The van der Waals surface area contributed by atoms with Crippen LogP contribution in [0.25, 0.3) is 0 Å². The number of hydrogen-bond donors (Lipinski definition) is 1. The molecule has 2 amide bonds. The number of hydrogen-bond acceptors (Lipinski definition) is 5. The lowest BCUT2D eigenvalue weighted by molar-refractivity contribution is -0.117. The number of rotatable bonds is 6. The summed E-state index contributed by atoms with van der Waals surface area (Å²) in [5, 5.41) is 3.39. The fourth-order valence-electron chi connectivity index (χ4n) is 3.41. The Hall–Kier alpha value is -2.25. The molecule has 1 aliphatic heterocycles. The van der Waals surface area contributed by atoms with E-state index < -0.39 is 0 Å². The molecular formula is C23H31N3O3S. The SMILES string of the molecule is Cc1nc(NC(=O)CN(CC2CCCO2)C(=O)c2ccc(C(C)(C)C)cc2)sc1C. The van der Waals surface area contributed by atoms with Gasteiger partial charge in [-0.2, -0.15) is 0 Å². The van der Waals surface area contributed by atoms with Crippen molar-refractivity contribution in [3.63, 3.8) is 0 Å². The maximum Gasteiger partial charge on any atom is 0.254 e. The van der Waals surface area contributed by atoms with Gasteiger partial charge in [0.25, 0.3) is 5.91 Å². The molecule has 0 bridgehead atoms. The van der Waals surface area contributed by atoms with E-state index in [1.165, 1.54) is 11.3 Å². The second-order valence-electron chi connectivity index (χ2n) is 8.86. The van der Waals surface area contributed by atoms with Crippen molar-refractivity contribution in [1.82, 2.24) is 9.88 Å². The van der Waals surface area contributed by atoms with Gasteiger partial charge in [0.2, 0.25) is 5.91 Å². The Kier molecular flexibility index (Phi) is 6.93. The molecule has 1 unspecified atom stereocenters. The van der Waals surface area contributed by atoms with Crippen LogP contribution in [0.4, 0.5) is 5.13 Å². The molecule has 1 aromatic carbocycles. The average molecular weight is 430 g/mol. The largest absolute Gasteiger partial charge is 0.376 e. The van der Waals surface area contributed by atoms with Crippen molar-refractivity contribution in [2.75, 3.05) is 25.0 Å². The molecule has 6 nitrogen and oxygen atoms in total. The highest BCUT2D eigenvalue weighted by atomic mass is 32.1. The zero-order valence-corrected chi connectivity index (χ0v) is 19.3. The van der Waals surface area contributed by atoms with Crippen molar-refractivity contribution in [2.45, 2.75) is 59.0 Å². The predicted octanol–water partition coefficient (Wildman–Crippen LogP) is 4.32. The van der Waals surface area contributed by atoms with Crippen LogP contribution in [0, 0.1) is 13.8 Å². The van der Waals surface area contributed by atoms with Gasteiger partial charge in [0.15, 0.2) is 5.13 Å². The summed E-state index contributed by atoms with van der Waals surface area (Å²) in [4.78, 5) is 32.9. The summed E-state index contributed by atoms with van der Waals surface area (Å²) in [5.74, 6) is -0.408. The highest BCUT2D eigenvalue weighted by molar-refractivity contribution is 7.15. The maximum absolute atomic E-state index is 13.2. The Morgan fingerprint density at radius 1 is 1.23 bits per heavy atom. The maximum atomic E-state index is 13.2. The summed E-state index contributed by atoms with van der Waals surface area (Å²) in [6.45, 7) is 11.4. The van der Waals surface area contributed by atoms with Crippen LogP contribution in [-0.4, -0.2) is 47.5 Å². The van der Waals surface area contributed by atoms with Crippen molar-refractivity contribution in [3.8, 4) is 0 Å². The Balaban J connectivity index is 1.73. The number of nitrogens with zero attached hydrogens (tertiary/aromatic N) is 2. The molecule has 1 saturated heterocycles. The molecule has 1 aliphatic rings. The van der Waals surface area contributed by atoms with Crippen molar-refractivity contribution < 1.29 is 14.3 Å². The van der Waals surface area contributed by atoms with E-state index in [1.807, 2.05) is 38.1 Å². The topological polar surface area (TPSA) is 71.5 Å². The van der Waals surface area contributed by atoms with Crippen LogP contribution >= 0.6 is 11.3 Å². The van der Waals surface area contributed by atoms with Gasteiger partial charge in [-0.05, 0) is 49.8 Å². The van der Waals surface area contributed by atoms with Crippen LogP contribution in [0.2, 0.25) is 0 Å². The minimum atomic E-state index is -0.249. The number of nitrogens with one attached hydrogen (secondary N) is 1. The molecule has 3 rings (SSSR count). The highest BCUT2D eigenvalue weighted by Gasteiger charge is 2.26. The Bertz CT molecular complexity index is 874. The lowest BCUT2D eigenvalue weighted by atomic mass is 9.86. The first-order valence-corrected chi connectivity index (χ1v) is 11.2. The summed E-state index contributed by atoms with van der Waals surface area (Å²) < 4.78 is 5.72. The van der Waals surface area contributed by atoms with E-state index in [0.717, 1.165) is 29.0 Å². The quantitative estimate of drug-likeness (QED) is 0.742. The van der Waals surface area contributed by atoms with Crippen molar-refractivity contribution in [3.05, 3.63) is 46.0 Å². The van der Waals surface area contributed by atoms with E-state index in [4.69, 9.17) is 4.74 Å². The van der Waals surface area contributed by atoms with Gasteiger partial charge in [0, 0.05) is 23.6 Å². The molecule has 1 fully saturated rings. The molecule has 1 atom stereocenters. The number of amides is 2. The lowest BCUT2D eigenvalue weighted by Crippen LogP contribution is -2.42. The lowest BCUT2D eigenvalue weighted by Gasteiger charge is -2.25. The zero-order chi connectivity index (χ0) is 21.9. The molecule has 162 valence electrons. The third-order valence-electron chi connectivity index (χ3n) is 5.34. The minimum absolute atomic E-state index is 0.0167. The number of aromatic nitrogens is 1. The van der Waals surface area contributed by atoms with Gasteiger partial charge in [-0.15, -0.1) is 11.3 Å². The molecule has 0 radical (unpaired) electrons. The second kappa shape index (κ2) is 9.27. The molecular weight excluding hydrogens is 398 g/mol. The standard InChI is InChI=1S/C23H31N3O3S/c1-15-16(2)30-22(24-15)25-20(27)14-26(13-19-7-6-12-29-19)21(28)17-8-10-18(11-9-17)23(3,4)5/h8-11,19H,6-7,12-14H2,1-5H3,(H,24,25,27). The van der Waals surface area contributed by atoms with Gasteiger partial charge < -0.3 is 15.0 Å². The molecule has 7 heteroatoms. The fourth-order valence-corrected chi connectivity index (χ4v) is 4.24. The van der Waals surface area contributed by atoms with Crippen molar-refractivity contribution in [1.29, 1.82) is 0 Å². The van der Waals surface area contributed by atoms with Gasteiger partial charge in [0.1, 0.15) is 6.54 Å². The van der Waals surface area contributed by atoms with E-state index in [2.05, 4.69) is 31.1 Å². The first kappa shape index (κ1) is 22.4. The fraction of sp³-hybridized carbons (Fsp3) is 0.522. The summed E-state index contributed by atoms with van der Waals surface area (Å²) >= 11 is 1.44. The highest BCUT2D eigenvalue weighted by Crippen LogP contribution is 2.24. The summed E-state index contributed by atoms with van der Waals surface area (Å²) in [7, 11) is 0. The molecule has 2 aromatic rings. The third-order valence-corrected chi connectivity index (χ3v) is 6.33. The number of carbonyl (C=O) groups is 2. The number of ether oxygens (including phenoxy) is 1. The van der Waals surface area contributed by atoms with Crippen LogP contribution in [-0.2, 0) is 14.9 Å². The van der Waals surface area contributed by atoms with Gasteiger partial charge in [-0.3, -0.25) is 9.59 Å². The molecule has 0 spiro atoms. The summed E-state index contributed by atoms with van der Waals surface area (Å²) in [6.07, 6.45) is 1.86. The van der Waals surface area contributed by atoms with E-state index >= 15 is 0 Å². The van der Waals surface area contributed by atoms with Crippen LogP contribution in [0.15, 0.2) is 24.3 Å². The van der Waals surface area contributed by atoms with Gasteiger partial charge in [-0.1, -0.05) is 32.9 Å². The van der Waals surface area contributed by atoms with Gasteiger partial charge in [-0.25, -0.2) is 4.98 Å². The third kappa shape index (κ3) is 5.67. The Morgan fingerprint density at radius 3 is 2.47 bits per heavy atom. The second-order valence-corrected chi connectivity index (χ2v) is 10.1. The average Bonchev–Trinajstić information content (AvgIpc) is 3.29. The van der Waals surface area contributed by atoms with Crippen molar-refractivity contribution >= 4 is 28.3 Å². The molecule has 0 aliphatic carbocycles. The number of benzene rings is 1. The number of anilines is 1. The zero-order valence-electron chi connectivity index (χ0n) is 18.4. The Labute approximate surface area is 182 Å². The molecule has 30 heavy (non-hydrogen) atoms. The summed E-state index contributed by atoms with van der Waals surface area (Å²) in [5.41, 5.74) is 2.66. The minimum Gasteiger partial charge on any atom is -0.376 e. The van der Waals surface area contributed by atoms with Crippen molar-refractivity contribution in [2.24, 2.45) is 0 Å². The van der Waals surface area contributed by atoms with Crippen LogP contribution in [0.3, 0.4) is 0 Å². The molecule has 1 aromatic heterocycles. The molecule has 2 heterocycles. The van der Waals surface area contributed by atoms with Gasteiger partial charge in [0.05, 0.1) is 11.8 Å².